The van der Waals surface area contributed by atoms with Gasteiger partial charge in [0.25, 0.3) is 0 Å². The molecule has 0 radical (unpaired) electrons. The Labute approximate surface area is 132 Å². The summed E-state index contributed by atoms with van der Waals surface area (Å²) in [5, 5.41) is 11.3. The van der Waals surface area contributed by atoms with Crippen LogP contribution in [0, 0.1) is 5.82 Å². The minimum atomic E-state index is -1.05. The summed E-state index contributed by atoms with van der Waals surface area (Å²) in [4.78, 5) is 11.5. The fraction of sp³-hybridized carbons (Fsp3) is 0.105. The van der Waals surface area contributed by atoms with Gasteiger partial charge in [0.2, 0.25) is 0 Å². The maximum absolute atomic E-state index is 13.0. The second-order valence-corrected chi connectivity index (χ2v) is 5.25. The molecular weight excluding hydrogens is 295 g/mol. The molecule has 0 aliphatic carbocycles. The Bertz CT molecular complexity index is 822. The van der Waals surface area contributed by atoms with Crippen molar-refractivity contribution in [2.45, 2.75) is 12.5 Å². The van der Waals surface area contributed by atoms with Crippen molar-refractivity contribution in [1.29, 1.82) is 0 Å². The van der Waals surface area contributed by atoms with Gasteiger partial charge in [-0.2, -0.15) is 0 Å². The molecule has 0 fully saturated rings. The molecule has 0 aliphatic rings. The highest BCUT2D eigenvalue weighted by Gasteiger charge is 2.21. The van der Waals surface area contributed by atoms with Crippen LogP contribution in [0.1, 0.15) is 5.56 Å². The van der Waals surface area contributed by atoms with Crippen molar-refractivity contribution in [2.24, 2.45) is 0 Å². The number of carboxylic acid groups (broad SMARTS) is 1. The first-order valence-corrected chi connectivity index (χ1v) is 7.25. The minimum absolute atomic E-state index is 0.166. The zero-order valence-electron chi connectivity index (χ0n) is 12.3. The first-order chi connectivity index (χ1) is 11.1. The van der Waals surface area contributed by atoms with E-state index >= 15 is 0 Å². The molecular formula is C19H15FO3. The summed E-state index contributed by atoms with van der Waals surface area (Å²) in [6.07, 6.45) is -0.870. The van der Waals surface area contributed by atoms with Crippen molar-refractivity contribution in [1.82, 2.24) is 0 Å². The van der Waals surface area contributed by atoms with Gasteiger partial charge in [-0.3, -0.25) is 0 Å². The SMILES string of the molecule is O=C(O)C(Cc1ccc(F)cc1)Oc1cccc2ccccc12. The van der Waals surface area contributed by atoms with E-state index in [4.69, 9.17) is 4.74 Å². The van der Waals surface area contributed by atoms with Gasteiger partial charge in [0.1, 0.15) is 11.6 Å². The molecule has 3 rings (SSSR count). The summed E-state index contributed by atoms with van der Waals surface area (Å²) in [5.41, 5.74) is 0.707. The molecule has 0 aliphatic heterocycles. The number of rotatable bonds is 5. The topological polar surface area (TPSA) is 46.5 Å². The molecule has 0 aromatic heterocycles. The third kappa shape index (κ3) is 3.48. The number of carboxylic acids is 1. The molecule has 0 amide bonds. The van der Waals surface area contributed by atoms with Crippen molar-refractivity contribution in [3.63, 3.8) is 0 Å². The lowest BCUT2D eigenvalue weighted by Crippen LogP contribution is -2.29. The third-order valence-corrected chi connectivity index (χ3v) is 3.63. The molecule has 0 saturated carbocycles. The quantitative estimate of drug-likeness (QED) is 0.773. The lowest BCUT2D eigenvalue weighted by molar-refractivity contribution is -0.144. The van der Waals surface area contributed by atoms with Crippen molar-refractivity contribution < 1.29 is 19.0 Å². The maximum Gasteiger partial charge on any atom is 0.345 e. The predicted molar refractivity (Wildman–Crippen MR) is 86.1 cm³/mol. The molecule has 4 heteroatoms. The normalized spacial score (nSPS) is 12.0. The molecule has 3 aromatic rings. The van der Waals surface area contributed by atoms with Crippen LogP contribution >= 0.6 is 0 Å². The summed E-state index contributed by atoms with van der Waals surface area (Å²) in [6.45, 7) is 0. The molecule has 3 nitrogen and oxygen atoms in total. The van der Waals surface area contributed by atoms with E-state index < -0.39 is 12.1 Å². The van der Waals surface area contributed by atoms with E-state index in [9.17, 15) is 14.3 Å². The maximum atomic E-state index is 13.0. The van der Waals surface area contributed by atoms with E-state index in [1.54, 1.807) is 18.2 Å². The molecule has 0 spiro atoms. The smallest absolute Gasteiger partial charge is 0.345 e. The van der Waals surface area contributed by atoms with Crippen molar-refractivity contribution in [3.05, 3.63) is 78.1 Å². The van der Waals surface area contributed by atoms with Gasteiger partial charge in [-0.05, 0) is 29.1 Å². The second-order valence-electron chi connectivity index (χ2n) is 5.25. The van der Waals surface area contributed by atoms with Crippen molar-refractivity contribution in [2.75, 3.05) is 0 Å². The predicted octanol–water partition coefficient (Wildman–Crippen LogP) is 4.05. The lowest BCUT2D eigenvalue weighted by Gasteiger charge is -2.17. The van der Waals surface area contributed by atoms with Gasteiger partial charge in [-0.1, -0.05) is 48.5 Å². The van der Waals surface area contributed by atoms with Crippen molar-refractivity contribution in [3.8, 4) is 5.75 Å². The highest BCUT2D eigenvalue weighted by atomic mass is 19.1. The fourth-order valence-corrected chi connectivity index (χ4v) is 2.47. The number of benzene rings is 3. The van der Waals surface area contributed by atoms with Crippen molar-refractivity contribution >= 4 is 16.7 Å². The summed E-state index contributed by atoms with van der Waals surface area (Å²) in [6, 6.07) is 18.9. The van der Waals surface area contributed by atoms with Crippen LogP contribution in [-0.4, -0.2) is 17.2 Å². The average Bonchev–Trinajstić information content (AvgIpc) is 2.56. The van der Waals surface area contributed by atoms with Crippen LogP contribution in [0.25, 0.3) is 10.8 Å². The molecule has 0 saturated heterocycles. The molecule has 3 aromatic carbocycles. The summed E-state index contributed by atoms with van der Waals surface area (Å²) >= 11 is 0. The lowest BCUT2D eigenvalue weighted by atomic mass is 10.1. The number of hydrogen-bond acceptors (Lipinski definition) is 2. The van der Waals surface area contributed by atoms with Gasteiger partial charge in [-0.25, -0.2) is 9.18 Å². The Hall–Kier alpha value is -2.88. The zero-order chi connectivity index (χ0) is 16.2. The van der Waals surface area contributed by atoms with E-state index in [1.165, 1.54) is 12.1 Å². The number of fused-ring (bicyclic) bond motifs is 1. The van der Waals surface area contributed by atoms with Gasteiger partial charge in [-0.15, -0.1) is 0 Å². The summed E-state index contributed by atoms with van der Waals surface area (Å²) < 4.78 is 18.7. The van der Waals surface area contributed by atoms with Gasteiger partial charge in [0.05, 0.1) is 0 Å². The number of aliphatic carboxylic acids is 1. The molecule has 23 heavy (non-hydrogen) atoms. The zero-order valence-corrected chi connectivity index (χ0v) is 12.3. The van der Waals surface area contributed by atoms with E-state index in [1.807, 2.05) is 36.4 Å². The Morgan fingerprint density at radius 1 is 1.00 bits per heavy atom. The van der Waals surface area contributed by atoms with Gasteiger partial charge in [0, 0.05) is 11.8 Å². The van der Waals surface area contributed by atoms with Crippen LogP contribution in [0.2, 0.25) is 0 Å². The fourth-order valence-electron chi connectivity index (χ4n) is 2.47. The molecule has 1 unspecified atom stereocenters. The summed E-state index contributed by atoms with van der Waals surface area (Å²) in [5.74, 6) is -0.879. The van der Waals surface area contributed by atoms with Gasteiger partial charge in [0.15, 0.2) is 6.10 Å². The highest BCUT2D eigenvalue weighted by molar-refractivity contribution is 5.88. The van der Waals surface area contributed by atoms with Crippen LogP contribution in [-0.2, 0) is 11.2 Å². The first kappa shape index (κ1) is 15.0. The van der Waals surface area contributed by atoms with Crippen LogP contribution in [0.3, 0.4) is 0 Å². The Kier molecular flexibility index (Phi) is 4.24. The Morgan fingerprint density at radius 3 is 2.43 bits per heavy atom. The van der Waals surface area contributed by atoms with E-state index in [2.05, 4.69) is 0 Å². The Balaban J connectivity index is 1.87. The average molecular weight is 310 g/mol. The number of hydrogen-bond donors (Lipinski definition) is 1. The van der Waals surface area contributed by atoms with Crippen LogP contribution in [0.5, 0.6) is 5.75 Å². The van der Waals surface area contributed by atoms with Gasteiger partial charge < -0.3 is 9.84 Å². The van der Waals surface area contributed by atoms with Crippen LogP contribution in [0.4, 0.5) is 4.39 Å². The minimum Gasteiger partial charge on any atom is -0.478 e. The van der Waals surface area contributed by atoms with Crippen LogP contribution < -0.4 is 4.74 Å². The second kappa shape index (κ2) is 6.48. The Morgan fingerprint density at radius 2 is 1.70 bits per heavy atom. The molecule has 0 bridgehead atoms. The molecule has 0 heterocycles. The van der Waals surface area contributed by atoms with Crippen LogP contribution in [0.15, 0.2) is 66.7 Å². The van der Waals surface area contributed by atoms with E-state index in [-0.39, 0.29) is 12.2 Å². The molecule has 116 valence electrons. The number of halogens is 1. The van der Waals surface area contributed by atoms with E-state index in [0.29, 0.717) is 11.3 Å². The highest BCUT2D eigenvalue weighted by Crippen LogP contribution is 2.26. The number of carbonyl (C=O) groups is 1. The monoisotopic (exact) mass is 310 g/mol. The standard InChI is InChI=1S/C19H15FO3/c20-15-10-8-13(9-11-15)12-18(19(21)22)23-17-7-3-5-14-4-1-2-6-16(14)17/h1-11,18H,12H2,(H,21,22). The third-order valence-electron chi connectivity index (χ3n) is 3.63. The van der Waals surface area contributed by atoms with Gasteiger partial charge >= 0.3 is 5.97 Å². The first-order valence-electron chi connectivity index (χ1n) is 7.25. The number of ether oxygens (including phenoxy) is 1. The van der Waals surface area contributed by atoms with E-state index in [0.717, 1.165) is 10.8 Å². The summed E-state index contributed by atoms with van der Waals surface area (Å²) in [7, 11) is 0. The molecule has 1 N–H and O–H groups in total. The molecule has 1 atom stereocenters. The largest absolute Gasteiger partial charge is 0.478 e.